The Labute approximate surface area is 141 Å². The maximum absolute atomic E-state index is 2.23. The molecular weight excluding hydrogens is 276 g/mol. The first kappa shape index (κ1) is 17.3. The summed E-state index contributed by atoms with van der Waals surface area (Å²) in [5.74, 6) is 0. The molecule has 0 saturated carbocycles. The number of aryl methyl sites for hydroxylation is 2. The molecule has 0 fully saturated rings. The van der Waals surface area contributed by atoms with Crippen molar-refractivity contribution in [2.75, 3.05) is 0 Å². The predicted octanol–water partition coefficient (Wildman–Crippen LogP) is 6.71. The van der Waals surface area contributed by atoms with Crippen LogP contribution in [0.4, 0.5) is 0 Å². The lowest BCUT2D eigenvalue weighted by Crippen LogP contribution is -1.83. The average molecular weight is 304 g/mol. The van der Waals surface area contributed by atoms with Gasteiger partial charge < -0.3 is 0 Å². The van der Waals surface area contributed by atoms with E-state index in [0.29, 0.717) is 0 Å². The smallest absolute Gasteiger partial charge is 0.0254 e. The van der Waals surface area contributed by atoms with Crippen molar-refractivity contribution < 1.29 is 0 Å². The molecule has 0 amide bonds. The van der Waals surface area contributed by atoms with Crippen molar-refractivity contribution in [3.8, 4) is 0 Å². The molecule has 2 aromatic carbocycles. The molecule has 0 unspecified atom stereocenters. The Hall–Kier alpha value is -2.08. The largest absolute Gasteiger partial charge is 0.0651 e. The molecule has 0 bridgehead atoms. The van der Waals surface area contributed by atoms with Crippen LogP contribution in [0.2, 0.25) is 0 Å². The van der Waals surface area contributed by atoms with Gasteiger partial charge >= 0.3 is 0 Å². The molecule has 120 valence electrons. The van der Waals surface area contributed by atoms with E-state index < -0.39 is 0 Å². The van der Waals surface area contributed by atoms with Crippen molar-refractivity contribution in [3.05, 3.63) is 82.4 Å². The number of hydrogen-bond donors (Lipinski definition) is 0. The molecule has 0 heteroatoms. The number of benzene rings is 2. The average Bonchev–Trinajstić information content (AvgIpc) is 2.57. The zero-order valence-corrected chi connectivity index (χ0v) is 14.7. The zero-order chi connectivity index (χ0) is 16.5. The van der Waals surface area contributed by atoms with Crippen molar-refractivity contribution in [2.45, 2.75) is 46.5 Å². The molecule has 2 rings (SSSR count). The molecule has 0 aliphatic carbocycles. The van der Waals surface area contributed by atoms with Crippen LogP contribution in [0, 0.1) is 0 Å². The third-order valence-corrected chi connectivity index (χ3v) is 3.97. The molecular formula is C23H28. The Kier molecular flexibility index (Phi) is 6.87. The van der Waals surface area contributed by atoms with Gasteiger partial charge in [-0.1, -0.05) is 99.0 Å². The molecule has 0 saturated heterocycles. The molecule has 0 aromatic heterocycles. The Balaban J connectivity index is 2.00. The van der Waals surface area contributed by atoms with Gasteiger partial charge in [-0.2, -0.15) is 0 Å². The van der Waals surface area contributed by atoms with Gasteiger partial charge in [0, 0.05) is 0 Å². The molecule has 23 heavy (non-hydrogen) atoms. The lowest BCUT2D eigenvalue weighted by molar-refractivity contribution is 0.922. The molecule has 0 heterocycles. The lowest BCUT2D eigenvalue weighted by atomic mass is 10.0. The van der Waals surface area contributed by atoms with Crippen molar-refractivity contribution in [3.63, 3.8) is 0 Å². The van der Waals surface area contributed by atoms with E-state index in [0.717, 1.165) is 12.8 Å². The van der Waals surface area contributed by atoms with Crippen LogP contribution in [0.3, 0.4) is 0 Å². The van der Waals surface area contributed by atoms with Gasteiger partial charge in [-0.05, 0) is 42.0 Å². The van der Waals surface area contributed by atoms with Gasteiger partial charge in [0.25, 0.3) is 0 Å². The second-order valence-corrected chi connectivity index (χ2v) is 6.20. The summed E-state index contributed by atoms with van der Waals surface area (Å²) in [6.07, 6.45) is 11.3. The highest BCUT2D eigenvalue weighted by molar-refractivity contribution is 5.61. The zero-order valence-electron chi connectivity index (χ0n) is 14.7. The first-order chi connectivity index (χ1) is 11.2. The van der Waals surface area contributed by atoms with Gasteiger partial charge in [0.1, 0.15) is 0 Å². The van der Waals surface area contributed by atoms with Crippen LogP contribution >= 0.6 is 0 Å². The van der Waals surface area contributed by atoms with Crippen LogP contribution < -0.4 is 0 Å². The molecule has 0 aliphatic heterocycles. The summed E-state index contributed by atoms with van der Waals surface area (Å²) in [6.45, 7) is 6.59. The first-order valence-electron chi connectivity index (χ1n) is 8.75. The Morgan fingerprint density at radius 2 is 1.22 bits per heavy atom. The molecule has 0 radical (unpaired) electrons. The summed E-state index contributed by atoms with van der Waals surface area (Å²) < 4.78 is 0. The molecule has 0 aliphatic rings. The van der Waals surface area contributed by atoms with E-state index in [-0.39, 0.29) is 0 Å². The summed E-state index contributed by atoms with van der Waals surface area (Å²) in [5.41, 5.74) is 6.64. The van der Waals surface area contributed by atoms with Crippen LogP contribution in [0.25, 0.3) is 12.2 Å². The summed E-state index contributed by atoms with van der Waals surface area (Å²) in [6, 6.07) is 17.8. The highest BCUT2D eigenvalue weighted by Crippen LogP contribution is 2.13. The molecule has 2 aromatic rings. The number of hydrogen-bond acceptors (Lipinski definition) is 0. The van der Waals surface area contributed by atoms with Crippen LogP contribution in [-0.2, 0) is 12.8 Å². The van der Waals surface area contributed by atoms with Crippen LogP contribution in [0.15, 0.2) is 60.2 Å². The summed E-state index contributed by atoms with van der Waals surface area (Å²) in [5, 5.41) is 0. The van der Waals surface area contributed by atoms with Gasteiger partial charge in [0.2, 0.25) is 0 Å². The van der Waals surface area contributed by atoms with Gasteiger partial charge in [-0.25, -0.2) is 0 Å². The fraction of sp³-hybridized carbons (Fsp3) is 0.304. The van der Waals surface area contributed by atoms with Gasteiger partial charge in [0.15, 0.2) is 0 Å². The topological polar surface area (TPSA) is 0 Å². The van der Waals surface area contributed by atoms with Crippen LogP contribution in [0.5, 0.6) is 0 Å². The molecule has 0 spiro atoms. The monoisotopic (exact) mass is 304 g/mol. The summed E-state index contributed by atoms with van der Waals surface area (Å²) >= 11 is 0. The predicted molar refractivity (Wildman–Crippen MR) is 104 cm³/mol. The normalized spacial score (nSPS) is 12.0. The second kappa shape index (κ2) is 9.15. The summed E-state index contributed by atoms with van der Waals surface area (Å²) in [7, 11) is 0. The number of allylic oxidation sites excluding steroid dienone is 2. The van der Waals surface area contributed by atoms with E-state index in [2.05, 4.69) is 87.5 Å². The third kappa shape index (κ3) is 5.90. The van der Waals surface area contributed by atoms with E-state index >= 15 is 0 Å². The SMILES string of the molecule is CCCc1ccc(C=CC(C)=Cc2ccc(CCC)cc2)cc1. The Morgan fingerprint density at radius 1 is 0.739 bits per heavy atom. The minimum Gasteiger partial charge on any atom is -0.0651 e. The summed E-state index contributed by atoms with van der Waals surface area (Å²) in [4.78, 5) is 0. The first-order valence-corrected chi connectivity index (χ1v) is 8.75. The minimum absolute atomic E-state index is 1.16. The van der Waals surface area contributed by atoms with Gasteiger partial charge in [0.05, 0.1) is 0 Å². The van der Waals surface area contributed by atoms with Crippen molar-refractivity contribution in [1.29, 1.82) is 0 Å². The highest BCUT2D eigenvalue weighted by Gasteiger charge is 1.93. The fourth-order valence-electron chi connectivity index (χ4n) is 2.69. The third-order valence-electron chi connectivity index (χ3n) is 3.97. The van der Waals surface area contributed by atoms with Crippen molar-refractivity contribution >= 4 is 12.2 Å². The second-order valence-electron chi connectivity index (χ2n) is 6.20. The van der Waals surface area contributed by atoms with Crippen LogP contribution in [0.1, 0.15) is 55.9 Å². The van der Waals surface area contributed by atoms with Crippen molar-refractivity contribution in [2.24, 2.45) is 0 Å². The lowest BCUT2D eigenvalue weighted by Gasteiger charge is -2.01. The van der Waals surface area contributed by atoms with E-state index in [9.17, 15) is 0 Å². The molecule has 0 atom stereocenters. The Bertz CT molecular complexity index is 639. The minimum atomic E-state index is 1.16. The maximum atomic E-state index is 2.23. The highest BCUT2D eigenvalue weighted by atomic mass is 14.0. The van der Waals surface area contributed by atoms with Gasteiger partial charge in [-0.3, -0.25) is 0 Å². The maximum Gasteiger partial charge on any atom is -0.0254 e. The number of rotatable bonds is 7. The van der Waals surface area contributed by atoms with Crippen molar-refractivity contribution in [1.82, 2.24) is 0 Å². The fourth-order valence-corrected chi connectivity index (χ4v) is 2.69. The molecule has 0 nitrogen and oxygen atoms in total. The van der Waals surface area contributed by atoms with Crippen LogP contribution in [-0.4, -0.2) is 0 Å². The van der Waals surface area contributed by atoms with Gasteiger partial charge in [-0.15, -0.1) is 0 Å². The Morgan fingerprint density at radius 3 is 1.70 bits per heavy atom. The standard InChI is InChI=1S/C23H28/c1-4-6-20-10-12-22(13-11-20)9-8-19(3)18-23-16-14-21(7-5-2)15-17-23/h8-18H,4-7H2,1-3H3. The van der Waals surface area contributed by atoms with E-state index in [1.54, 1.807) is 0 Å². The van der Waals surface area contributed by atoms with E-state index in [1.807, 2.05) is 0 Å². The van der Waals surface area contributed by atoms with E-state index in [1.165, 1.54) is 40.7 Å². The van der Waals surface area contributed by atoms with E-state index in [4.69, 9.17) is 0 Å². The quantitative estimate of drug-likeness (QED) is 0.499. The molecule has 0 N–H and O–H groups in total.